The first-order chi connectivity index (χ1) is 15.5. The molecular weight excluding hydrogens is 468 g/mol. The topological polar surface area (TPSA) is 110 Å². The number of hydrogen-bond donors (Lipinski definition) is 1. The smallest absolute Gasteiger partial charge is 0.323 e. The zero-order valence-electron chi connectivity index (χ0n) is 17.7. The van der Waals surface area contributed by atoms with Crippen LogP contribution >= 0.6 is 34.9 Å². The average molecular weight is 491 g/mol. The summed E-state index contributed by atoms with van der Waals surface area (Å²) in [5.74, 6) is 0.695. The van der Waals surface area contributed by atoms with Gasteiger partial charge in [0.05, 0.1) is 26.2 Å². The third-order valence-electron chi connectivity index (χ3n) is 4.12. The molecule has 0 aliphatic heterocycles. The standard InChI is InChI=1S/C21H22N4O4S3/c1-13-4-6-14(7-5-13)11-30-20-24-25-21(32-20)31-12-18(26)23-22-10-15-8-16(28-2)19(27)17(9-15)29-3/h4-10,27H,11-12H2,1-3H3,(H,23,26)/b22-10+. The van der Waals surface area contributed by atoms with Crippen molar-refractivity contribution >= 4 is 47.0 Å². The van der Waals surface area contributed by atoms with Crippen molar-refractivity contribution in [2.75, 3.05) is 20.0 Å². The maximum Gasteiger partial charge on any atom is 0.323 e. The molecule has 0 saturated heterocycles. The van der Waals surface area contributed by atoms with Crippen molar-refractivity contribution in [3.63, 3.8) is 0 Å². The number of carbonyl (C=O) groups is 1. The van der Waals surface area contributed by atoms with E-state index in [2.05, 4.69) is 51.9 Å². The number of thioether (sulfide) groups is 2. The summed E-state index contributed by atoms with van der Waals surface area (Å²) in [6, 6.07) is 11.5. The molecule has 0 bridgehead atoms. The lowest BCUT2D eigenvalue weighted by Gasteiger charge is -2.17. The second-order valence-corrected chi connectivity index (χ2v) is 9.96. The molecule has 2 aromatic carbocycles. The number of benzene rings is 2. The molecule has 2 N–H and O–H groups in total. The lowest BCUT2D eigenvalue weighted by atomic mass is 10.2. The predicted octanol–water partition coefficient (Wildman–Crippen LogP) is 2.89. The molecule has 0 aliphatic carbocycles. The number of rotatable bonds is 10. The molecule has 1 aromatic heterocycles. The summed E-state index contributed by atoms with van der Waals surface area (Å²) in [5, 5.41) is 23.1. The number of methoxy groups -OCH3 is 2. The molecule has 0 unspecified atom stereocenters. The van der Waals surface area contributed by atoms with Crippen molar-refractivity contribution in [2.45, 2.75) is 21.4 Å². The molecule has 0 radical (unpaired) electrons. The van der Waals surface area contributed by atoms with Gasteiger partial charge in [0, 0.05) is 16.4 Å². The van der Waals surface area contributed by atoms with Gasteiger partial charge in [0.25, 0.3) is 5.91 Å². The third kappa shape index (κ3) is 6.87. The van der Waals surface area contributed by atoms with Crippen molar-refractivity contribution in [1.29, 1.82) is 0 Å². The van der Waals surface area contributed by atoms with Gasteiger partial charge in [0.1, 0.15) is 11.5 Å². The number of aromatic amines is 1. The Kier molecular flexibility index (Phi) is 8.77. The van der Waals surface area contributed by atoms with Gasteiger partial charge in [-0.15, -0.1) is 0 Å². The van der Waals surface area contributed by atoms with Gasteiger partial charge in [-0.3, -0.25) is 4.79 Å². The Balaban J connectivity index is 1.45. The first-order valence-corrected chi connectivity index (χ1v) is 12.2. The van der Waals surface area contributed by atoms with Crippen LogP contribution in [0, 0.1) is 6.92 Å². The summed E-state index contributed by atoms with van der Waals surface area (Å²) in [4.78, 5) is 12.1. The fourth-order valence-electron chi connectivity index (χ4n) is 2.49. The molecule has 0 aliphatic rings. The number of hydrogen-bond acceptors (Lipinski definition) is 9. The van der Waals surface area contributed by atoms with Gasteiger partial charge >= 0.3 is 4.34 Å². The normalized spacial score (nSPS) is 11.0. The van der Waals surface area contributed by atoms with Crippen LogP contribution in [-0.2, 0) is 10.5 Å². The molecule has 32 heavy (non-hydrogen) atoms. The van der Waals surface area contributed by atoms with Crippen LogP contribution in [0.25, 0.3) is 0 Å². The lowest BCUT2D eigenvalue weighted by molar-refractivity contribution is -0.492. The third-order valence-corrected chi connectivity index (χ3v) is 7.45. The number of aryl methyl sites for hydroxylation is 1. The second-order valence-electron chi connectivity index (χ2n) is 6.49. The second kappa shape index (κ2) is 11.7. The van der Waals surface area contributed by atoms with Crippen LogP contribution < -0.4 is 25.1 Å². The SMILES string of the molecule is COc1cc(/C=N/NC(=O)CSc2n[nH+]c(SCc3ccc(C)cc3)s2)cc(OC)c1[O-]. The minimum absolute atomic E-state index is 0.142. The van der Waals surface area contributed by atoms with E-state index in [9.17, 15) is 9.90 Å². The molecular formula is C21H22N4O4S3. The monoisotopic (exact) mass is 490 g/mol. The van der Waals surface area contributed by atoms with E-state index in [-0.39, 0.29) is 28.9 Å². The number of hydrazone groups is 1. The number of amides is 1. The molecule has 1 amide bonds. The molecule has 168 valence electrons. The first kappa shape index (κ1) is 23.9. The average Bonchev–Trinajstić information content (AvgIpc) is 3.26. The van der Waals surface area contributed by atoms with Crippen LogP contribution in [0.5, 0.6) is 17.2 Å². The molecule has 3 rings (SSSR count). The quantitative estimate of drug-likeness (QED) is 0.264. The Labute approximate surface area is 198 Å². The lowest BCUT2D eigenvalue weighted by Crippen LogP contribution is -2.19. The molecule has 0 saturated carbocycles. The van der Waals surface area contributed by atoms with E-state index in [1.807, 2.05) is 0 Å². The van der Waals surface area contributed by atoms with E-state index in [4.69, 9.17) is 9.47 Å². The summed E-state index contributed by atoms with van der Waals surface area (Å²) in [5.41, 5.74) is 5.51. The van der Waals surface area contributed by atoms with Crippen molar-refractivity contribution in [3.8, 4) is 17.2 Å². The minimum Gasteiger partial charge on any atom is -0.867 e. The van der Waals surface area contributed by atoms with Crippen molar-refractivity contribution in [3.05, 3.63) is 53.1 Å². The maximum atomic E-state index is 12.1. The molecule has 0 spiro atoms. The summed E-state index contributed by atoms with van der Waals surface area (Å²) < 4.78 is 11.8. The largest absolute Gasteiger partial charge is 0.867 e. The predicted molar refractivity (Wildman–Crippen MR) is 125 cm³/mol. The van der Waals surface area contributed by atoms with E-state index >= 15 is 0 Å². The highest BCUT2D eigenvalue weighted by Gasteiger charge is 2.13. The molecule has 0 atom stereocenters. The molecule has 1 heterocycles. The summed E-state index contributed by atoms with van der Waals surface area (Å²) in [6.07, 6.45) is 1.42. The number of nitrogens with one attached hydrogen (secondary N) is 2. The maximum absolute atomic E-state index is 12.1. The van der Waals surface area contributed by atoms with Gasteiger partial charge in [-0.05, 0) is 53.5 Å². The number of nitrogens with zero attached hydrogens (tertiary/aromatic N) is 2. The fourth-order valence-corrected chi connectivity index (χ4v) is 5.33. The summed E-state index contributed by atoms with van der Waals surface area (Å²) in [6.45, 7) is 2.07. The number of ether oxygens (including phenoxy) is 2. The molecule has 0 fully saturated rings. The number of H-pyrrole nitrogens is 1. The van der Waals surface area contributed by atoms with Crippen LogP contribution in [0.1, 0.15) is 16.7 Å². The number of carbonyl (C=O) groups excluding carboxylic acids is 1. The molecule has 8 nitrogen and oxygen atoms in total. The van der Waals surface area contributed by atoms with Gasteiger partial charge in [-0.1, -0.05) is 46.7 Å². The van der Waals surface area contributed by atoms with Gasteiger partial charge < -0.3 is 14.6 Å². The van der Waals surface area contributed by atoms with Crippen molar-refractivity contribution < 1.29 is 24.5 Å². The zero-order chi connectivity index (χ0) is 22.9. The minimum atomic E-state index is -0.343. The van der Waals surface area contributed by atoms with Gasteiger partial charge in [-0.25, -0.2) is 5.43 Å². The Morgan fingerprint density at radius 3 is 2.56 bits per heavy atom. The summed E-state index contributed by atoms with van der Waals surface area (Å²) >= 11 is 4.51. The first-order valence-electron chi connectivity index (χ1n) is 9.43. The van der Waals surface area contributed by atoms with Crippen molar-refractivity contribution in [1.82, 2.24) is 10.5 Å². The summed E-state index contributed by atoms with van der Waals surface area (Å²) in [7, 11) is 2.80. The Morgan fingerprint density at radius 2 is 1.91 bits per heavy atom. The van der Waals surface area contributed by atoms with Crippen LogP contribution in [-0.4, -0.2) is 37.2 Å². The van der Waals surface area contributed by atoms with E-state index in [0.717, 1.165) is 14.4 Å². The van der Waals surface area contributed by atoms with Crippen LogP contribution in [0.3, 0.4) is 0 Å². The molecule has 11 heteroatoms. The van der Waals surface area contributed by atoms with E-state index < -0.39 is 0 Å². The Hall–Kier alpha value is -2.76. The van der Waals surface area contributed by atoms with Crippen LogP contribution in [0.15, 0.2) is 50.2 Å². The van der Waals surface area contributed by atoms with E-state index in [0.29, 0.717) is 5.56 Å². The van der Waals surface area contributed by atoms with Crippen LogP contribution in [0.2, 0.25) is 0 Å². The highest BCUT2D eigenvalue weighted by atomic mass is 32.2. The van der Waals surface area contributed by atoms with Gasteiger partial charge in [0.2, 0.25) is 4.34 Å². The Morgan fingerprint density at radius 1 is 1.22 bits per heavy atom. The zero-order valence-corrected chi connectivity index (χ0v) is 20.2. The number of aromatic nitrogens is 2. The molecule has 3 aromatic rings. The van der Waals surface area contributed by atoms with E-state index in [1.54, 1.807) is 11.8 Å². The van der Waals surface area contributed by atoms with Crippen molar-refractivity contribution in [2.24, 2.45) is 5.10 Å². The highest BCUT2D eigenvalue weighted by molar-refractivity contribution is 8.03. The fraction of sp³-hybridized carbons (Fsp3) is 0.238. The van der Waals surface area contributed by atoms with Gasteiger partial charge in [-0.2, -0.15) is 5.10 Å². The Bertz CT molecular complexity index is 1060. The highest BCUT2D eigenvalue weighted by Crippen LogP contribution is 2.34. The van der Waals surface area contributed by atoms with E-state index in [1.165, 1.54) is 66.8 Å². The van der Waals surface area contributed by atoms with Gasteiger partial charge in [0.15, 0.2) is 0 Å². The van der Waals surface area contributed by atoms with Crippen LogP contribution in [0.4, 0.5) is 0 Å².